The van der Waals surface area contributed by atoms with Crippen molar-refractivity contribution in [1.29, 1.82) is 0 Å². The highest BCUT2D eigenvalue weighted by Gasteiger charge is 2.20. The topological polar surface area (TPSA) is 121 Å². The van der Waals surface area contributed by atoms with Crippen molar-refractivity contribution in [2.24, 2.45) is 7.05 Å². The third kappa shape index (κ3) is 4.59. The molecule has 4 rings (SSSR count). The molecule has 0 saturated carbocycles. The van der Waals surface area contributed by atoms with Gasteiger partial charge in [0.2, 0.25) is 0 Å². The Morgan fingerprint density at radius 1 is 1.09 bits per heavy atom. The number of aliphatic hydroxyl groups excluding tert-OH is 1. The van der Waals surface area contributed by atoms with Crippen LogP contribution in [0.4, 0.5) is 0 Å². The summed E-state index contributed by atoms with van der Waals surface area (Å²) in [4.78, 5) is 31.9. The van der Waals surface area contributed by atoms with Crippen molar-refractivity contribution in [2.45, 2.75) is 19.3 Å². The number of benzene rings is 2. The fourth-order valence-electron chi connectivity index (χ4n) is 3.79. The monoisotopic (exact) mass is 466 g/mol. The predicted molar refractivity (Wildman–Crippen MR) is 126 cm³/mol. The highest BCUT2D eigenvalue weighted by Crippen LogP contribution is 2.33. The Balaban J connectivity index is 1.73. The molecule has 2 N–H and O–H groups in total. The van der Waals surface area contributed by atoms with Crippen molar-refractivity contribution >= 4 is 11.2 Å². The van der Waals surface area contributed by atoms with Crippen LogP contribution in [0.25, 0.3) is 22.6 Å². The first kappa shape index (κ1) is 23.3. The number of imidazole rings is 1. The third-order valence-electron chi connectivity index (χ3n) is 5.42. The van der Waals surface area contributed by atoms with Gasteiger partial charge >= 0.3 is 5.69 Å². The molecule has 0 fully saturated rings. The summed E-state index contributed by atoms with van der Waals surface area (Å²) >= 11 is 0. The molecular formula is C24H26N4O6. The van der Waals surface area contributed by atoms with Gasteiger partial charge in [0.15, 0.2) is 22.7 Å². The number of H-pyrrole nitrogens is 1. The maximum absolute atomic E-state index is 12.6. The van der Waals surface area contributed by atoms with E-state index in [1.54, 1.807) is 36.9 Å². The van der Waals surface area contributed by atoms with Gasteiger partial charge in [-0.25, -0.2) is 9.78 Å². The first-order valence-corrected chi connectivity index (χ1v) is 10.6. The van der Waals surface area contributed by atoms with E-state index in [0.717, 1.165) is 5.56 Å². The number of nitrogens with zero attached hydrogens (tertiary/aromatic N) is 3. The molecule has 0 radical (unpaired) electrons. The Morgan fingerprint density at radius 3 is 2.56 bits per heavy atom. The number of rotatable bonds is 9. The molecule has 1 atom stereocenters. The number of aromatic amines is 1. The van der Waals surface area contributed by atoms with Crippen molar-refractivity contribution in [1.82, 2.24) is 19.1 Å². The average molecular weight is 466 g/mol. The molecule has 4 aromatic rings. The number of aromatic nitrogens is 4. The van der Waals surface area contributed by atoms with Crippen molar-refractivity contribution in [3.05, 3.63) is 74.9 Å². The molecule has 34 heavy (non-hydrogen) atoms. The molecule has 0 aliphatic heterocycles. The lowest BCUT2D eigenvalue weighted by molar-refractivity contribution is 0.0535. The second kappa shape index (κ2) is 9.94. The van der Waals surface area contributed by atoms with E-state index in [1.165, 1.54) is 11.7 Å². The van der Waals surface area contributed by atoms with Gasteiger partial charge < -0.3 is 23.9 Å². The number of nitrogens with one attached hydrogen (secondary N) is 1. The van der Waals surface area contributed by atoms with Gasteiger partial charge in [0.1, 0.15) is 12.4 Å². The summed E-state index contributed by atoms with van der Waals surface area (Å²) in [5, 5.41) is 10.1. The van der Waals surface area contributed by atoms with Crippen molar-refractivity contribution in [3.8, 4) is 22.9 Å². The molecule has 2 aromatic carbocycles. The maximum Gasteiger partial charge on any atom is 0.330 e. The smallest absolute Gasteiger partial charge is 0.330 e. The Labute approximate surface area is 195 Å². The lowest BCUT2D eigenvalue weighted by atomic mass is 10.2. The molecule has 0 saturated heterocycles. The number of fused-ring (bicyclic) bond motifs is 1. The highest BCUT2D eigenvalue weighted by molar-refractivity contribution is 5.77. The van der Waals surface area contributed by atoms with Crippen molar-refractivity contribution < 1.29 is 19.3 Å². The van der Waals surface area contributed by atoms with E-state index in [-0.39, 0.29) is 24.3 Å². The van der Waals surface area contributed by atoms with Gasteiger partial charge in [0, 0.05) is 19.7 Å². The van der Waals surface area contributed by atoms with E-state index in [4.69, 9.17) is 14.2 Å². The summed E-state index contributed by atoms with van der Waals surface area (Å²) in [6, 6.07) is 15.1. The number of ether oxygens (including phenoxy) is 3. The second-order valence-electron chi connectivity index (χ2n) is 7.79. The quantitative estimate of drug-likeness (QED) is 0.385. The molecule has 0 bridgehead atoms. The van der Waals surface area contributed by atoms with Crippen LogP contribution in [0.1, 0.15) is 5.56 Å². The van der Waals surface area contributed by atoms with Crippen LogP contribution >= 0.6 is 0 Å². The molecule has 1 unspecified atom stereocenters. The molecule has 2 aromatic heterocycles. The molecule has 178 valence electrons. The molecule has 0 spiro atoms. The van der Waals surface area contributed by atoms with Gasteiger partial charge in [0.05, 0.1) is 26.4 Å². The zero-order valence-corrected chi connectivity index (χ0v) is 19.1. The van der Waals surface area contributed by atoms with Crippen LogP contribution in [0.3, 0.4) is 0 Å². The Bertz CT molecular complexity index is 1410. The van der Waals surface area contributed by atoms with Crippen LogP contribution in [0.15, 0.2) is 58.1 Å². The van der Waals surface area contributed by atoms with Crippen LogP contribution in [0, 0.1) is 0 Å². The van der Waals surface area contributed by atoms with Crippen molar-refractivity contribution in [2.75, 3.05) is 20.8 Å². The molecule has 10 nitrogen and oxygen atoms in total. The second-order valence-corrected chi connectivity index (χ2v) is 7.79. The Morgan fingerprint density at radius 2 is 1.85 bits per heavy atom. The van der Waals surface area contributed by atoms with Gasteiger partial charge in [0.25, 0.3) is 5.56 Å². The summed E-state index contributed by atoms with van der Waals surface area (Å²) in [6.07, 6.45) is -0.941. The molecule has 0 aliphatic rings. The van der Waals surface area contributed by atoms with E-state index < -0.39 is 17.4 Å². The molecular weight excluding hydrogens is 440 g/mol. The van der Waals surface area contributed by atoms with Crippen LogP contribution in [0.2, 0.25) is 0 Å². The zero-order chi connectivity index (χ0) is 24.2. The average Bonchev–Trinajstić information content (AvgIpc) is 3.18. The minimum absolute atomic E-state index is 0.0361. The lowest BCUT2D eigenvalue weighted by Gasteiger charge is -2.12. The van der Waals surface area contributed by atoms with E-state index in [0.29, 0.717) is 29.5 Å². The largest absolute Gasteiger partial charge is 0.493 e. The molecule has 10 heteroatoms. The zero-order valence-electron chi connectivity index (χ0n) is 19.1. The third-order valence-corrected chi connectivity index (χ3v) is 5.42. The first-order valence-electron chi connectivity index (χ1n) is 10.6. The number of methoxy groups -OCH3 is 2. The normalized spacial score (nSPS) is 12.1. The van der Waals surface area contributed by atoms with Crippen LogP contribution in [-0.4, -0.2) is 51.1 Å². The number of hydrogen-bond acceptors (Lipinski definition) is 7. The Hall–Kier alpha value is -3.89. The highest BCUT2D eigenvalue weighted by atomic mass is 16.5. The number of aryl methyl sites for hydroxylation is 1. The summed E-state index contributed by atoms with van der Waals surface area (Å²) in [6.45, 7) is 0.342. The number of hydrogen-bond donors (Lipinski definition) is 2. The Kier molecular flexibility index (Phi) is 6.80. The maximum atomic E-state index is 12.6. The minimum Gasteiger partial charge on any atom is -0.493 e. The van der Waals surface area contributed by atoms with E-state index in [1.807, 2.05) is 30.3 Å². The fourth-order valence-corrected chi connectivity index (χ4v) is 3.79. The molecule has 0 amide bonds. The van der Waals surface area contributed by atoms with Gasteiger partial charge in [-0.3, -0.25) is 14.3 Å². The van der Waals surface area contributed by atoms with Crippen LogP contribution in [0.5, 0.6) is 11.5 Å². The van der Waals surface area contributed by atoms with E-state index in [9.17, 15) is 14.7 Å². The summed E-state index contributed by atoms with van der Waals surface area (Å²) in [5.41, 5.74) is 0.857. The standard InChI is InChI=1S/C24H26N4O6/c1-27-20-22(28(12-17(29)14-32-2)24(31)26-23(20)30)25-21(27)16-9-10-18(19(11-16)33-3)34-13-15-7-5-4-6-8-15/h4-11,17,29H,12-14H2,1-3H3,(H,26,30,31). The summed E-state index contributed by atoms with van der Waals surface area (Å²) < 4.78 is 19.2. The van der Waals surface area contributed by atoms with Gasteiger partial charge in [-0.1, -0.05) is 30.3 Å². The van der Waals surface area contributed by atoms with Crippen LogP contribution < -0.4 is 20.7 Å². The minimum atomic E-state index is -0.941. The summed E-state index contributed by atoms with van der Waals surface area (Å²) in [7, 11) is 4.68. The fraction of sp³-hybridized carbons (Fsp3) is 0.292. The molecule has 0 aliphatic carbocycles. The first-order chi connectivity index (χ1) is 16.4. The van der Waals surface area contributed by atoms with E-state index in [2.05, 4.69) is 9.97 Å². The predicted octanol–water partition coefficient (Wildman–Crippen LogP) is 1.69. The lowest BCUT2D eigenvalue weighted by Crippen LogP contribution is -2.35. The van der Waals surface area contributed by atoms with Crippen molar-refractivity contribution in [3.63, 3.8) is 0 Å². The summed E-state index contributed by atoms with van der Waals surface area (Å²) in [5.74, 6) is 1.52. The SMILES string of the molecule is COCC(O)Cn1c(=O)[nH]c(=O)c2c1nc(-c1ccc(OCc3ccccc3)c(OC)c1)n2C. The van der Waals surface area contributed by atoms with E-state index >= 15 is 0 Å². The van der Waals surface area contributed by atoms with Crippen LogP contribution in [-0.2, 0) is 24.9 Å². The molecule has 2 heterocycles. The van der Waals surface area contributed by atoms with Gasteiger partial charge in [-0.05, 0) is 23.8 Å². The van der Waals surface area contributed by atoms with Gasteiger partial charge in [-0.2, -0.15) is 0 Å². The van der Waals surface area contributed by atoms with Gasteiger partial charge in [-0.15, -0.1) is 0 Å². The number of aliphatic hydroxyl groups is 1.